The monoisotopic (exact) mass is 266 g/mol. The van der Waals surface area contributed by atoms with E-state index in [0.717, 1.165) is 0 Å². The van der Waals surface area contributed by atoms with Crippen LogP contribution in [-0.2, 0) is 28.3 Å². The van der Waals surface area contributed by atoms with E-state index >= 15 is 0 Å². The van der Waals surface area contributed by atoms with Gasteiger partial charge in [-0.05, 0) is 0 Å². The van der Waals surface area contributed by atoms with E-state index in [1.165, 1.54) is 20.8 Å². The highest BCUT2D eigenvalue weighted by Crippen LogP contribution is 1.95. The number of aliphatic hydroxyl groups excluding tert-OH is 1. The Morgan fingerprint density at radius 1 is 1.12 bits per heavy atom. The molecule has 0 rings (SSSR count). The molecular formula is C9H18O7Si. The number of hydrogen-bond acceptors (Lipinski definition) is 7. The summed E-state index contributed by atoms with van der Waals surface area (Å²) in [6.45, 7) is 3.89. The Morgan fingerprint density at radius 2 is 1.59 bits per heavy atom. The smallest absolute Gasteiger partial charge is 0.304 e. The van der Waals surface area contributed by atoms with E-state index in [1.54, 1.807) is 0 Å². The molecule has 0 heterocycles. The zero-order chi connectivity index (χ0) is 13.8. The minimum atomic E-state index is -1.19. The lowest BCUT2D eigenvalue weighted by molar-refractivity contribution is -0.168. The van der Waals surface area contributed by atoms with Crippen molar-refractivity contribution < 1.29 is 33.4 Å². The molecule has 17 heavy (non-hydrogen) atoms. The molecule has 0 saturated heterocycles. The van der Waals surface area contributed by atoms with Gasteiger partial charge in [0, 0.05) is 27.2 Å². The van der Waals surface area contributed by atoms with E-state index in [2.05, 4.69) is 13.9 Å². The average molecular weight is 266 g/mol. The van der Waals surface area contributed by atoms with Crippen LogP contribution >= 0.6 is 0 Å². The van der Waals surface area contributed by atoms with Gasteiger partial charge in [0.1, 0.15) is 0 Å². The maximum absolute atomic E-state index is 10.3. The van der Waals surface area contributed by atoms with E-state index < -0.39 is 18.2 Å². The zero-order valence-electron chi connectivity index (χ0n) is 10.4. The molecule has 0 aliphatic heterocycles. The van der Waals surface area contributed by atoms with Crippen molar-refractivity contribution >= 4 is 28.4 Å². The molecule has 1 unspecified atom stereocenters. The fraction of sp³-hybridized carbons (Fsp3) is 0.667. The number of ether oxygens (including phenoxy) is 2. The summed E-state index contributed by atoms with van der Waals surface area (Å²) in [5.41, 5.74) is 0. The van der Waals surface area contributed by atoms with Gasteiger partial charge in [-0.3, -0.25) is 14.4 Å². The van der Waals surface area contributed by atoms with Crippen molar-refractivity contribution in [2.45, 2.75) is 33.5 Å². The second-order valence-electron chi connectivity index (χ2n) is 2.89. The number of esters is 2. The quantitative estimate of drug-likeness (QED) is 0.381. The van der Waals surface area contributed by atoms with Crippen molar-refractivity contribution in [3.63, 3.8) is 0 Å². The first-order valence-corrected chi connectivity index (χ1v) is 5.64. The molecule has 0 saturated carbocycles. The summed E-state index contributed by atoms with van der Waals surface area (Å²) < 4.78 is 13.1. The fourth-order valence-corrected chi connectivity index (χ4v) is 0.554. The van der Waals surface area contributed by atoms with E-state index in [0.29, 0.717) is 10.5 Å². The first-order valence-electron chi connectivity index (χ1n) is 4.82. The summed E-state index contributed by atoms with van der Waals surface area (Å²) in [7, 11) is 0.524. The number of hydrogen-bond donors (Lipinski definition) is 1. The van der Waals surface area contributed by atoms with Crippen LogP contribution < -0.4 is 0 Å². The van der Waals surface area contributed by atoms with Crippen molar-refractivity contribution in [1.82, 2.24) is 0 Å². The highest BCUT2D eigenvalue weighted by molar-refractivity contribution is 6.04. The Morgan fingerprint density at radius 3 is 1.88 bits per heavy atom. The number of aliphatic hydroxyl groups is 1. The zero-order valence-corrected chi connectivity index (χ0v) is 12.4. The largest absolute Gasteiger partial charge is 0.529 e. The third-order valence-electron chi connectivity index (χ3n) is 1.26. The van der Waals surface area contributed by atoms with Gasteiger partial charge in [-0.1, -0.05) is 0 Å². The molecule has 0 spiro atoms. The molecule has 0 bridgehead atoms. The average Bonchev–Trinajstić information content (AvgIpc) is 2.16. The van der Waals surface area contributed by atoms with E-state index in [-0.39, 0.29) is 19.0 Å². The highest BCUT2D eigenvalue weighted by atomic mass is 28.2. The normalized spacial score (nSPS) is 10.6. The van der Waals surface area contributed by atoms with Crippen LogP contribution in [0.4, 0.5) is 0 Å². The second kappa shape index (κ2) is 11.1. The van der Waals surface area contributed by atoms with Gasteiger partial charge in [0.05, 0.1) is 6.61 Å². The summed E-state index contributed by atoms with van der Waals surface area (Å²) in [4.78, 5) is 30.1. The Labute approximate surface area is 103 Å². The summed E-state index contributed by atoms with van der Waals surface area (Å²) >= 11 is 0. The third-order valence-corrected chi connectivity index (χ3v) is 1.83. The predicted molar refractivity (Wildman–Crippen MR) is 60.7 cm³/mol. The van der Waals surface area contributed by atoms with Gasteiger partial charge in [-0.2, -0.15) is 0 Å². The standard InChI is InChI=1S/C7H12O5.C2H6O2Si/c1-5(8)11-4-3-7(10)12-6(2)9;1-2(3)4-5/h7,10H,3-4H2,1-2H3;1,5H3. The molecule has 0 amide bonds. The summed E-state index contributed by atoms with van der Waals surface area (Å²) in [5.74, 6) is -1.17. The number of rotatable bonds is 4. The van der Waals surface area contributed by atoms with Crippen LogP contribution in [-0.4, -0.2) is 46.4 Å². The van der Waals surface area contributed by atoms with E-state index in [1.807, 2.05) is 0 Å². The lowest BCUT2D eigenvalue weighted by atomic mass is 10.4. The van der Waals surface area contributed by atoms with Gasteiger partial charge in [0.15, 0.2) is 0 Å². The lowest BCUT2D eigenvalue weighted by Gasteiger charge is -2.09. The second-order valence-corrected chi connectivity index (χ2v) is 3.30. The van der Waals surface area contributed by atoms with Gasteiger partial charge < -0.3 is 19.0 Å². The molecule has 7 nitrogen and oxygen atoms in total. The maximum Gasteiger partial charge on any atom is 0.304 e. The molecule has 0 fully saturated rings. The van der Waals surface area contributed by atoms with Gasteiger partial charge in [0.25, 0.3) is 5.97 Å². The van der Waals surface area contributed by atoms with Crippen molar-refractivity contribution in [3.05, 3.63) is 0 Å². The molecule has 0 radical (unpaired) electrons. The highest BCUT2D eigenvalue weighted by Gasteiger charge is 2.07. The molecule has 1 atom stereocenters. The first kappa shape index (κ1) is 18.0. The molecule has 1 N–H and O–H groups in total. The SMILES string of the molecule is CC(=O)OCCC(O)OC(C)=O.CC(=O)O[SiH3]. The Hall–Kier alpha value is -1.41. The Bertz CT molecular complexity index is 254. The third kappa shape index (κ3) is 20.6. The Balaban J connectivity index is 0. The molecular weight excluding hydrogens is 248 g/mol. The molecule has 0 aromatic heterocycles. The van der Waals surface area contributed by atoms with Crippen LogP contribution in [0.15, 0.2) is 0 Å². The van der Waals surface area contributed by atoms with E-state index in [9.17, 15) is 14.4 Å². The topological polar surface area (TPSA) is 99.1 Å². The predicted octanol–water partition coefficient (Wildman–Crippen LogP) is -1.35. The minimum absolute atomic E-state index is 0.0454. The van der Waals surface area contributed by atoms with Crippen molar-refractivity contribution in [1.29, 1.82) is 0 Å². The Kier molecular flexibility index (Phi) is 11.7. The minimum Gasteiger partial charge on any atom is -0.529 e. The molecule has 0 aromatic rings. The van der Waals surface area contributed by atoms with Crippen molar-refractivity contribution in [2.75, 3.05) is 6.61 Å². The van der Waals surface area contributed by atoms with Crippen LogP contribution in [0, 0.1) is 0 Å². The van der Waals surface area contributed by atoms with Crippen molar-refractivity contribution in [2.24, 2.45) is 0 Å². The van der Waals surface area contributed by atoms with Crippen LogP contribution in [0.25, 0.3) is 0 Å². The van der Waals surface area contributed by atoms with Gasteiger partial charge in [-0.25, -0.2) is 0 Å². The molecule has 0 aromatic carbocycles. The lowest BCUT2D eigenvalue weighted by Crippen LogP contribution is -2.18. The van der Waals surface area contributed by atoms with Crippen LogP contribution in [0.1, 0.15) is 27.2 Å². The van der Waals surface area contributed by atoms with Crippen LogP contribution in [0.3, 0.4) is 0 Å². The molecule has 0 aliphatic carbocycles. The summed E-state index contributed by atoms with van der Waals surface area (Å²) in [6, 6.07) is 0. The maximum atomic E-state index is 10.3. The summed E-state index contributed by atoms with van der Waals surface area (Å²) in [5, 5.41) is 8.90. The van der Waals surface area contributed by atoms with Gasteiger partial charge in [0.2, 0.25) is 16.8 Å². The summed E-state index contributed by atoms with van der Waals surface area (Å²) in [6.07, 6.45) is -1.10. The van der Waals surface area contributed by atoms with Crippen LogP contribution in [0.2, 0.25) is 0 Å². The van der Waals surface area contributed by atoms with Crippen LogP contribution in [0.5, 0.6) is 0 Å². The number of carbonyl (C=O) groups excluding carboxylic acids is 3. The fourth-order valence-electron chi connectivity index (χ4n) is 0.554. The molecule has 0 aliphatic rings. The van der Waals surface area contributed by atoms with E-state index in [4.69, 9.17) is 5.11 Å². The molecule has 100 valence electrons. The van der Waals surface area contributed by atoms with Gasteiger partial charge in [-0.15, -0.1) is 0 Å². The molecule has 8 heteroatoms. The number of carbonyl (C=O) groups is 3. The van der Waals surface area contributed by atoms with Crippen molar-refractivity contribution in [3.8, 4) is 0 Å². The van der Waals surface area contributed by atoms with Gasteiger partial charge >= 0.3 is 11.9 Å². The first-order chi connectivity index (χ1) is 7.79.